The van der Waals surface area contributed by atoms with Crippen LogP contribution in [0.5, 0.6) is 0 Å². The van der Waals surface area contributed by atoms with E-state index >= 15 is 0 Å². The minimum atomic E-state index is -3.95. The Morgan fingerprint density at radius 1 is 0.962 bits per heavy atom. The van der Waals surface area contributed by atoms with Crippen molar-refractivity contribution in [2.75, 3.05) is 20.1 Å². The molecule has 0 radical (unpaired) electrons. The van der Waals surface area contributed by atoms with Crippen LogP contribution in [0.3, 0.4) is 0 Å². The number of nitrogens with one attached hydrogen (secondary N) is 1. The van der Waals surface area contributed by atoms with Gasteiger partial charge in [-0.2, -0.15) is 0 Å². The number of hydrogen-bond acceptors (Lipinski definition) is 5. The molecule has 0 aromatic heterocycles. The summed E-state index contributed by atoms with van der Waals surface area (Å²) in [6.45, 7) is 1.75. The van der Waals surface area contributed by atoms with E-state index in [0.29, 0.717) is 13.0 Å². The van der Waals surface area contributed by atoms with Crippen molar-refractivity contribution in [3.8, 4) is 0 Å². The summed E-state index contributed by atoms with van der Waals surface area (Å²) in [6, 6.07) is 15.0. The smallest absolute Gasteiger partial charge is 0.240 e. The molecule has 0 aliphatic heterocycles. The van der Waals surface area contributed by atoms with Crippen LogP contribution in [-0.2, 0) is 26.6 Å². The number of nitrogens with two attached hydrogens (primary N) is 1. The van der Waals surface area contributed by atoms with Gasteiger partial charge in [-0.3, -0.25) is 0 Å². The molecule has 0 fully saturated rings. The van der Waals surface area contributed by atoms with Gasteiger partial charge in [-0.1, -0.05) is 36.4 Å². The topological polar surface area (TPSA) is 110 Å². The quantitative estimate of drug-likeness (QED) is 0.617. The molecule has 142 valence electrons. The first-order valence-corrected chi connectivity index (χ1v) is 11.1. The molecule has 0 aliphatic rings. The lowest BCUT2D eigenvalue weighted by molar-refractivity contribution is 0.322. The third kappa shape index (κ3) is 6.19. The van der Waals surface area contributed by atoms with Gasteiger partial charge in [0.25, 0.3) is 0 Å². The molecule has 26 heavy (non-hydrogen) atoms. The summed E-state index contributed by atoms with van der Waals surface area (Å²) in [6.07, 6.45) is 0.622. The average molecular weight is 398 g/mol. The molecule has 0 aliphatic carbocycles. The first-order valence-electron chi connectivity index (χ1n) is 8.03. The second-order valence-electron chi connectivity index (χ2n) is 5.99. The van der Waals surface area contributed by atoms with E-state index in [4.69, 9.17) is 5.14 Å². The molecule has 0 heterocycles. The van der Waals surface area contributed by atoms with E-state index in [1.165, 1.54) is 23.8 Å². The lowest BCUT2D eigenvalue weighted by atomic mass is 10.2. The summed E-state index contributed by atoms with van der Waals surface area (Å²) in [4.78, 5) is 1.75. The fourth-order valence-electron chi connectivity index (χ4n) is 2.43. The Labute approximate surface area is 154 Å². The van der Waals surface area contributed by atoms with Crippen molar-refractivity contribution in [3.05, 3.63) is 60.2 Å². The lowest BCUT2D eigenvalue weighted by Gasteiger charge is -2.16. The summed E-state index contributed by atoms with van der Waals surface area (Å²) < 4.78 is 49.8. The van der Waals surface area contributed by atoms with Crippen LogP contribution in [0.1, 0.15) is 12.0 Å². The highest BCUT2D eigenvalue weighted by Gasteiger charge is 2.17. The van der Waals surface area contributed by atoms with E-state index in [1.54, 1.807) is 0 Å². The summed E-state index contributed by atoms with van der Waals surface area (Å²) in [5.74, 6) is 0. The Morgan fingerprint density at radius 2 is 1.62 bits per heavy atom. The van der Waals surface area contributed by atoms with E-state index in [1.807, 2.05) is 37.4 Å². The SMILES string of the molecule is CN(CCCNS(=O)(=O)c1cccc(S(N)(=O)=O)c1)Cc1ccccc1. The maximum Gasteiger partial charge on any atom is 0.240 e. The number of sulfonamides is 2. The number of primary sulfonamides is 1. The number of rotatable bonds is 9. The molecule has 0 spiro atoms. The van der Waals surface area contributed by atoms with E-state index in [-0.39, 0.29) is 16.3 Å². The molecule has 2 aromatic carbocycles. The fourth-order valence-corrected chi connectivity index (χ4v) is 4.18. The molecule has 9 heteroatoms. The lowest BCUT2D eigenvalue weighted by Crippen LogP contribution is -2.28. The van der Waals surface area contributed by atoms with Gasteiger partial charge in [0, 0.05) is 13.1 Å². The highest BCUT2D eigenvalue weighted by molar-refractivity contribution is 7.90. The minimum Gasteiger partial charge on any atom is -0.302 e. The van der Waals surface area contributed by atoms with Gasteiger partial charge in [-0.15, -0.1) is 0 Å². The van der Waals surface area contributed by atoms with Gasteiger partial charge in [0.2, 0.25) is 20.0 Å². The van der Waals surface area contributed by atoms with Crippen LogP contribution in [0.15, 0.2) is 64.4 Å². The van der Waals surface area contributed by atoms with Crippen molar-refractivity contribution in [2.24, 2.45) is 5.14 Å². The molecule has 0 atom stereocenters. The van der Waals surface area contributed by atoms with Gasteiger partial charge in [0.05, 0.1) is 9.79 Å². The maximum absolute atomic E-state index is 12.3. The summed E-state index contributed by atoms with van der Waals surface area (Å²) in [5, 5.41) is 5.04. The Morgan fingerprint density at radius 3 is 2.27 bits per heavy atom. The Kier molecular flexibility index (Phi) is 6.90. The molecular weight excluding hydrogens is 374 g/mol. The van der Waals surface area contributed by atoms with Crippen LogP contribution in [0.4, 0.5) is 0 Å². The Bertz CT molecular complexity index is 929. The van der Waals surface area contributed by atoms with Gasteiger partial charge in [-0.05, 0) is 43.8 Å². The molecule has 2 aromatic rings. The molecule has 0 amide bonds. The van der Waals surface area contributed by atoms with Crippen LogP contribution in [0.2, 0.25) is 0 Å². The van der Waals surface area contributed by atoms with Gasteiger partial charge in [-0.25, -0.2) is 26.7 Å². The Balaban J connectivity index is 1.87. The molecule has 0 saturated heterocycles. The summed E-state index contributed by atoms with van der Waals surface area (Å²) in [7, 11) is -5.77. The molecule has 2 rings (SSSR count). The monoisotopic (exact) mass is 397 g/mol. The molecule has 0 bridgehead atoms. The first-order chi connectivity index (χ1) is 12.2. The van der Waals surface area contributed by atoms with Crippen molar-refractivity contribution in [1.29, 1.82) is 0 Å². The zero-order chi connectivity index (χ0) is 19.2. The van der Waals surface area contributed by atoms with Crippen molar-refractivity contribution < 1.29 is 16.8 Å². The zero-order valence-corrected chi connectivity index (χ0v) is 16.1. The summed E-state index contributed by atoms with van der Waals surface area (Å²) >= 11 is 0. The predicted molar refractivity (Wildman–Crippen MR) is 100 cm³/mol. The Hall–Kier alpha value is -1.78. The van der Waals surface area contributed by atoms with Crippen molar-refractivity contribution in [2.45, 2.75) is 22.8 Å². The van der Waals surface area contributed by atoms with Gasteiger partial charge < -0.3 is 4.90 Å². The standard InChI is InChI=1S/C17H23N3O4S2/c1-20(14-15-7-3-2-4-8-15)12-6-11-19-26(23,24)17-10-5-9-16(13-17)25(18,21)22/h2-5,7-10,13,19H,6,11-12,14H2,1H3,(H2,18,21,22). The zero-order valence-electron chi connectivity index (χ0n) is 14.5. The fraction of sp³-hybridized carbons (Fsp3) is 0.294. The van der Waals surface area contributed by atoms with Crippen LogP contribution in [-0.4, -0.2) is 41.9 Å². The minimum absolute atomic E-state index is 0.123. The van der Waals surface area contributed by atoms with Crippen LogP contribution in [0, 0.1) is 0 Å². The van der Waals surface area contributed by atoms with E-state index in [2.05, 4.69) is 9.62 Å². The second kappa shape index (κ2) is 8.74. The molecular formula is C17H23N3O4S2. The van der Waals surface area contributed by atoms with E-state index < -0.39 is 20.0 Å². The highest BCUT2D eigenvalue weighted by Crippen LogP contribution is 2.14. The number of nitrogens with zero attached hydrogens (tertiary/aromatic N) is 1. The first kappa shape index (κ1) is 20.5. The largest absolute Gasteiger partial charge is 0.302 e. The van der Waals surface area contributed by atoms with Crippen molar-refractivity contribution in [1.82, 2.24) is 9.62 Å². The van der Waals surface area contributed by atoms with Crippen LogP contribution in [0.25, 0.3) is 0 Å². The molecule has 0 saturated carbocycles. The van der Waals surface area contributed by atoms with Gasteiger partial charge >= 0.3 is 0 Å². The van der Waals surface area contributed by atoms with Gasteiger partial charge in [0.1, 0.15) is 0 Å². The van der Waals surface area contributed by atoms with Crippen molar-refractivity contribution >= 4 is 20.0 Å². The number of hydrogen-bond donors (Lipinski definition) is 2. The predicted octanol–water partition coefficient (Wildman–Crippen LogP) is 1.13. The molecule has 0 unspecified atom stereocenters. The maximum atomic E-state index is 12.3. The van der Waals surface area contributed by atoms with Crippen LogP contribution < -0.4 is 9.86 Å². The average Bonchev–Trinajstić information content (AvgIpc) is 2.59. The van der Waals surface area contributed by atoms with E-state index in [0.717, 1.165) is 12.6 Å². The summed E-state index contributed by atoms with van der Waals surface area (Å²) in [5.41, 5.74) is 1.19. The van der Waals surface area contributed by atoms with Gasteiger partial charge in [0.15, 0.2) is 0 Å². The highest BCUT2D eigenvalue weighted by atomic mass is 32.2. The number of benzene rings is 2. The molecule has 7 nitrogen and oxygen atoms in total. The van der Waals surface area contributed by atoms with E-state index in [9.17, 15) is 16.8 Å². The second-order valence-corrected chi connectivity index (χ2v) is 9.32. The van der Waals surface area contributed by atoms with Crippen LogP contribution >= 0.6 is 0 Å². The third-order valence-electron chi connectivity index (χ3n) is 3.75. The van der Waals surface area contributed by atoms with Crippen molar-refractivity contribution in [3.63, 3.8) is 0 Å². The normalized spacial score (nSPS) is 12.4. The third-order valence-corrected chi connectivity index (χ3v) is 6.12. The molecule has 3 N–H and O–H groups in total.